The first kappa shape index (κ1) is 36.5. The Hall–Kier alpha value is -0.640. The second-order valence-corrected chi connectivity index (χ2v) is 13.0. The molecule has 0 aromatic rings. The van der Waals surface area contributed by atoms with E-state index >= 15 is 0 Å². The van der Waals surface area contributed by atoms with E-state index in [0.29, 0.717) is 19.4 Å². The SMILES string of the molecule is CC[N+](C)(CC)CCOC.NCCCCCCCCCC(S(=O)(=O)C(F)(F)F)S(=O)(=O)C(F)(F)F. The third-order valence-electron chi connectivity index (χ3n) is 5.84. The Morgan fingerprint density at radius 2 is 1.14 bits per heavy atom. The van der Waals surface area contributed by atoms with Crippen LogP contribution in [0.25, 0.3) is 0 Å². The summed E-state index contributed by atoms with van der Waals surface area (Å²) in [6, 6.07) is 0. The molecule has 0 saturated carbocycles. The highest BCUT2D eigenvalue weighted by atomic mass is 32.3. The standard InChI is InChI=1S/C12H21F6NO4S2.C8H20NO/c13-11(14,15)24(20,21)10(25(22,23)12(16,17)18)8-6-4-2-1-3-5-7-9-19;1-5-9(3,6-2)7-8-10-4/h10H,1-9,19H2;5-8H2,1-4H3/q;+1. The van der Waals surface area contributed by atoms with Crippen molar-refractivity contribution in [3.05, 3.63) is 0 Å². The monoisotopic (exact) mass is 567 g/mol. The van der Waals surface area contributed by atoms with Crippen LogP contribution in [0.1, 0.15) is 65.2 Å². The molecule has 0 aliphatic rings. The molecule has 0 bridgehead atoms. The molecule has 214 valence electrons. The van der Waals surface area contributed by atoms with Crippen LogP contribution >= 0.6 is 0 Å². The van der Waals surface area contributed by atoms with Crippen molar-refractivity contribution in [1.82, 2.24) is 0 Å². The quantitative estimate of drug-likeness (QED) is 0.169. The van der Waals surface area contributed by atoms with E-state index in [4.69, 9.17) is 10.5 Å². The molecule has 0 atom stereocenters. The number of nitrogens with zero attached hydrogens (tertiary/aromatic N) is 1. The molecule has 0 aromatic carbocycles. The van der Waals surface area contributed by atoms with E-state index in [9.17, 15) is 43.2 Å². The van der Waals surface area contributed by atoms with E-state index in [2.05, 4.69) is 20.9 Å². The lowest BCUT2D eigenvalue weighted by Gasteiger charge is -2.31. The first-order chi connectivity index (χ1) is 15.9. The van der Waals surface area contributed by atoms with Crippen molar-refractivity contribution in [1.29, 1.82) is 0 Å². The van der Waals surface area contributed by atoms with Gasteiger partial charge >= 0.3 is 11.0 Å². The van der Waals surface area contributed by atoms with Gasteiger partial charge in [0.2, 0.25) is 0 Å². The first-order valence-electron chi connectivity index (χ1n) is 11.5. The maximum absolute atomic E-state index is 12.5. The highest BCUT2D eigenvalue weighted by Crippen LogP contribution is 2.38. The van der Waals surface area contributed by atoms with Crippen molar-refractivity contribution in [2.75, 3.05) is 46.9 Å². The molecular weight excluding hydrogens is 526 g/mol. The molecule has 0 spiro atoms. The fourth-order valence-electron chi connectivity index (χ4n) is 2.97. The van der Waals surface area contributed by atoms with Crippen LogP contribution in [0.4, 0.5) is 26.3 Å². The van der Waals surface area contributed by atoms with Gasteiger partial charge in [-0.25, -0.2) is 16.8 Å². The molecule has 2 N–H and O–H groups in total. The van der Waals surface area contributed by atoms with E-state index < -0.39 is 41.7 Å². The van der Waals surface area contributed by atoms with E-state index in [1.807, 2.05) is 0 Å². The summed E-state index contributed by atoms with van der Waals surface area (Å²) in [5.41, 5.74) is -6.89. The number of rotatable bonds is 16. The molecule has 35 heavy (non-hydrogen) atoms. The van der Waals surface area contributed by atoms with Crippen molar-refractivity contribution in [2.24, 2.45) is 5.73 Å². The molecule has 0 fully saturated rings. The Morgan fingerprint density at radius 1 is 0.771 bits per heavy atom. The molecule has 0 aromatic heterocycles. The summed E-state index contributed by atoms with van der Waals surface area (Å²) in [6.45, 7) is 9.34. The number of nitrogens with two attached hydrogens (primary N) is 1. The zero-order valence-corrected chi connectivity index (χ0v) is 22.6. The topological polar surface area (TPSA) is 104 Å². The minimum atomic E-state index is -6.51. The van der Waals surface area contributed by atoms with Crippen molar-refractivity contribution < 1.29 is 52.4 Å². The molecule has 7 nitrogen and oxygen atoms in total. The predicted octanol–water partition coefficient (Wildman–Crippen LogP) is 4.38. The highest BCUT2D eigenvalue weighted by Gasteiger charge is 2.62. The average molecular weight is 568 g/mol. The van der Waals surface area contributed by atoms with Gasteiger partial charge in [-0.2, -0.15) is 26.3 Å². The number of alkyl halides is 6. The minimum Gasteiger partial charge on any atom is -0.379 e. The summed E-state index contributed by atoms with van der Waals surface area (Å²) < 4.78 is 123. The van der Waals surface area contributed by atoms with Crippen LogP contribution in [0, 0.1) is 0 Å². The number of unbranched alkanes of at least 4 members (excludes halogenated alkanes) is 6. The number of halogens is 6. The predicted molar refractivity (Wildman–Crippen MR) is 124 cm³/mol. The zero-order valence-electron chi connectivity index (χ0n) is 20.9. The summed E-state index contributed by atoms with van der Waals surface area (Å²) in [5, 5.41) is 0. The molecule has 0 saturated heterocycles. The average Bonchev–Trinajstić information content (AvgIpc) is 2.75. The van der Waals surface area contributed by atoms with E-state index in [0.717, 1.165) is 36.9 Å². The van der Waals surface area contributed by atoms with Gasteiger partial charge in [0.05, 0.1) is 26.7 Å². The minimum absolute atomic E-state index is 0.125. The summed E-state index contributed by atoms with van der Waals surface area (Å²) >= 11 is 0. The molecule has 0 aliphatic heterocycles. The number of likely N-dealkylation sites (N-methyl/N-ethyl adjacent to an activating group) is 1. The van der Waals surface area contributed by atoms with Crippen LogP contribution in [0.2, 0.25) is 0 Å². The van der Waals surface area contributed by atoms with Gasteiger partial charge in [0.25, 0.3) is 19.7 Å². The van der Waals surface area contributed by atoms with Crippen LogP contribution < -0.4 is 5.73 Å². The molecule has 0 amide bonds. The molecule has 0 radical (unpaired) electrons. The molecule has 0 unspecified atom stereocenters. The van der Waals surface area contributed by atoms with Gasteiger partial charge in [0.1, 0.15) is 6.54 Å². The van der Waals surface area contributed by atoms with Crippen LogP contribution in [0.3, 0.4) is 0 Å². The summed E-state index contributed by atoms with van der Waals surface area (Å²) in [7, 11) is -8.99. The second kappa shape index (κ2) is 16.3. The molecular formula is C20H41F6N2O5S2+. The number of sulfone groups is 2. The van der Waals surface area contributed by atoms with Gasteiger partial charge in [0.15, 0.2) is 4.58 Å². The van der Waals surface area contributed by atoms with Crippen LogP contribution in [-0.4, -0.2) is 83.9 Å². The number of methoxy groups -OCH3 is 1. The molecule has 15 heteroatoms. The van der Waals surface area contributed by atoms with E-state index in [1.165, 1.54) is 13.1 Å². The van der Waals surface area contributed by atoms with E-state index in [-0.39, 0.29) is 12.8 Å². The van der Waals surface area contributed by atoms with Gasteiger partial charge in [-0.1, -0.05) is 38.5 Å². The Balaban J connectivity index is 0. The summed E-state index contributed by atoms with van der Waals surface area (Å²) in [6.07, 6.45) is 1.94. The maximum atomic E-state index is 12.5. The number of hydrogen-bond donors (Lipinski definition) is 1. The van der Waals surface area contributed by atoms with Gasteiger partial charge in [-0.3, -0.25) is 0 Å². The normalized spacial score (nSPS) is 13.6. The lowest BCUT2D eigenvalue weighted by Crippen LogP contribution is -2.45. The number of hydrogen-bond acceptors (Lipinski definition) is 6. The van der Waals surface area contributed by atoms with E-state index in [1.54, 1.807) is 7.11 Å². The van der Waals surface area contributed by atoms with Gasteiger partial charge in [0, 0.05) is 7.11 Å². The summed E-state index contributed by atoms with van der Waals surface area (Å²) in [5.74, 6) is 0. The molecule has 0 aliphatic carbocycles. The Morgan fingerprint density at radius 3 is 1.46 bits per heavy atom. The smallest absolute Gasteiger partial charge is 0.379 e. The van der Waals surface area contributed by atoms with Gasteiger partial charge in [-0.15, -0.1) is 0 Å². The second-order valence-electron chi connectivity index (χ2n) is 8.43. The molecule has 0 heterocycles. The third kappa shape index (κ3) is 12.9. The van der Waals surface area contributed by atoms with Crippen molar-refractivity contribution in [3.63, 3.8) is 0 Å². The number of quaternary nitrogens is 1. The van der Waals surface area contributed by atoms with Gasteiger partial charge in [-0.05, 0) is 33.2 Å². The summed E-state index contributed by atoms with van der Waals surface area (Å²) in [4.78, 5) is 0. The fraction of sp³-hybridized carbons (Fsp3) is 1.00. The molecule has 0 rings (SSSR count). The van der Waals surface area contributed by atoms with Crippen LogP contribution in [0.15, 0.2) is 0 Å². The lowest BCUT2D eigenvalue weighted by molar-refractivity contribution is -0.906. The largest absolute Gasteiger partial charge is 0.498 e. The van der Waals surface area contributed by atoms with Crippen molar-refractivity contribution in [3.8, 4) is 0 Å². The highest BCUT2D eigenvalue weighted by molar-refractivity contribution is 8.09. The number of ether oxygens (including phenoxy) is 1. The van der Waals surface area contributed by atoms with Gasteiger partial charge < -0.3 is 15.0 Å². The third-order valence-corrected chi connectivity index (χ3v) is 10.5. The van der Waals surface area contributed by atoms with Crippen molar-refractivity contribution in [2.45, 2.75) is 80.8 Å². The maximum Gasteiger partial charge on any atom is 0.498 e. The Labute approximate surface area is 205 Å². The van der Waals surface area contributed by atoms with Crippen LogP contribution in [0.5, 0.6) is 0 Å². The van der Waals surface area contributed by atoms with Crippen molar-refractivity contribution >= 4 is 19.7 Å². The zero-order chi connectivity index (χ0) is 28.0. The van der Waals surface area contributed by atoms with Crippen LogP contribution in [-0.2, 0) is 24.4 Å². The fourth-order valence-corrected chi connectivity index (χ4v) is 6.50. The Kier molecular flexibility index (Phi) is 17.0. The first-order valence-corrected chi connectivity index (χ1v) is 14.6. The Bertz CT molecular complexity index is 724. The lowest BCUT2D eigenvalue weighted by atomic mass is 10.1.